The fourth-order valence-electron chi connectivity index (χ4n) is 2.20. The highest BCUT2D eigenvalue weighted by atomic mass is 32.1. The van der Waals surface area contributed by atoms with Crippen LogP contribution in [-0.2, 0) is 0 Å². The number of aliphatic hydroxyl groups is 2. The zero-order valence-electron chi connectivity index (χ0n) is 9.58. The number of aliphatic hydroxyl groups excluding tert-OH is 2. The smallest absolute Gasteiger partial charge is 0.185 e. The number of piperidine rings is 1. The van der Waals surface area contributed by atoms with Gasteiger partial charge in [-0.1, -0.05) is 13.8 Å². The summed E-state index contributed by atoms with van der Waals surface area (Å²) in [5, 5.41) is 22.3. The maximum absolute atomic E-state index is 9.73. The Kier molecular flexibility index (Phi) is 3.47. The summed E-state index contributed by atoms with van der Waals surface area (Å²) in [6.45, 7) is 4.74. The lowest BCUT2D eigenvalue weighted by molar-refractivity contribution is -0.00673. The molecule has 1 fully saturated rings. The zero-order chi connectivity index (χ0) is 11.7. The van der Waals surface area contributed by atoms with Gasteiger partial charge in [-0.15, -0.1) is 11.3 Å². The minimum Gasteiger partial charge on any atom is -0.390 e. The average molecular weight is 242 g/mol. The SMILES string of the molecule is CC(C)C1CC(O)C(O)CN1c1nccs1. The van der Waals surface area contributed by atoms with Gasteiger partial charge in [-0.3, -0.25) is 0 Å². The fourth-order valence-corrected chi connectivity index (χ4v) is 2.91. The third-order valence-electron chi connectivity index (χ3n) is 3.15. The summed E-state index contributed by atoms with van der Waals surface area (Å²) < 4.78 is 0. The number of β-amino-alcohol motifs (C(OH)–C–C–N with tert-alkyl or cyclic N) is 1. The van der Waals surface area contributed by atoms with Gasteiger partial charge in [0.25, 0.3) is 0 Å². The molecule has 2 N–H and O–H groups in total. The quantitative estimate of drug-likeness (QED) is 0.815. The van der Waals surface area contributed by atoms with Crippen LogP contribution in [0.3, 0.4) is 0 Å². The average Bonchev–Trinajstić information content (AvgIpc) is 2.74. The van der Waals surface area contributed by atoms with Crippen LogP contribution in [0.2, 0.25) is 0 Å². The van der Waals surface area contributed by atoms with E-state index in [9.17, 15) is 10.2 Å². The largest absolute Gasteiger partial charge is 0.390 e. The molecular formula is C11H18N2O2S. The fraction of sp³-hybridized carbons (Fsp3) is 0.727. The van der Waals surface area contributed by atoms with Crippen molar-refractivity contribution in [1.82, 2.24) is 4.98 Å². The molecule has 3 atom stereocenters. The Bertz CT molecular complexity index is 329. The molecule has 1 aliphatic rings. The van der Waals surface area contributed by atoms with Crippen LogP contribution in [0.15, 0.2) is 11.6 Å². The first-order chi connectivity index (χ1) is 7.59. The van der Waals surface area contributed by atoms with E-state index < -0.39 is 12.2 Å². The van der Waals surface area contributed by atoms with Gasteiger partial charge in [0.1, 0.15) is 0 Å². The number of thiazole rings is 1. The molecule has 0 radical (unpaired) electrons. The highest BCUT2D eigenvalue weighted by Crippen LogP contribution is 2.30. The molecule has 2 rings (SSSR count). The molecule has 1 saturated heterocycles. The lowest BCUT2D eigenvalue weighted by atomic mass is 9.90. The molecule has 90 valence electrons. The molecule has 16 heavy (non-hydrogen) atoms. The maximum Gasteiger partial charge on any atom is 0.185 e. The van der Waals surface area contributed by atoms with E-state index in [1.165, 1.54) is 0 Å². The Morgan fingerprint density at radius 2 is 2.19 bits per heavy atom. The molecule has 0 spiro atoms. The molecular weight excluding hydrogens is 224 g/mol. The van der Waals surface area contributed by atoms with Gasteiger partial charge >= 0.3 is 0 Å². The Hall–Kier alpha value is -0.650. The monoisotopic (exact) mass is 242 g/mol. The van der Waals surface area contributed by atoms with E-state index in [1.54, 1.807) is 17.5 Å². The van der Waals surface area contributed by atoms with Gasteiger partial charge in [0.05, 0.1) is 12.2 Å². The second-order valence-electron chi connectivity index (χ2n) is 4.65. The van der Waals surface area contributed by atoms with Crippen molar-refractivity contribution < 1.29 is 10.2 Å². The van der Waals surface area contributed by atoms with E-state index in [1.807, 2.05) is 5.38 Å². The second kappa shape index (κ2) is 4.69. The second-order valence-corrected chi connectivity index (χ2v) is 5.52. The van der Waals surface area contributed by atoms with Crippen molar-refractivity contribution in [2.45, 2.75) is 38.5 Å². The maximum atomic E-state index is 9.73. The summed E-state index contributed by atoms with van der Waals surface area (Å²) in [7, 11) is 0. The van der Waals surface area contributed by atoms with E-state index in [0.29, 0.717) is 18.9 Å². The molecule has 0 saturated carbocycles. The van der Waals surface area contributed by atoms with Gasteiger partial charge in [0, 0.05) is 24.2 Å². The highest BCUT2D eigenvalue weighted by molar-refractivity contribution is 7.13. The van der Waals surface area contributed by atoms with Crippen LogP contribution in [0, 0.1) is 5.92 Å². The molecule has 1 aromatic rings. The van der Waals surface area contributed by atoms with Crippen LogP contribution >= 0.6 is 11.3 Å². The molecule has 0 bridgehead atoms. The van der Waals surface area contributed by atoms with Gasteiger partial charge in [0.15, 0.2) is 5.13 Å². The van der Waals surface area contributed by atoms with Crippen molar-refractivity contribution in [2.24, 2.45) is 5.92 Å². The van der Waals surface area contributed by atoms with E-state index in [2.05, 4.69) is 23.7 Å². The van der Waals surface area contributed by atoms with Crippen LogP contribution in [0.25, 0.3) is 0 Å². The summed E-state index contributed by atoms with van der Waals surface area (Å²) in [5.41, 5.74) is 0. The summed E-state index contributed by atoms with van der Waals surface area (Å²) in [4.78, 5) is 6.40. The van der Waals surface area contributed by atoms with Gasteiger partial charge in [-0.25, -0.2) is 4.98 Å². The minimum atomic E-state index is -0.668. The summed E-state index contributed by atoms with van der Waals surface area (Å²) in [5.74, 6) is 0.436. The molecule has 1 aromatic heterocycles. The van der Waals surface area contributed by atoms with Gasteiger partial charge in [-0.2, -0.15) is 0 Å². The first-order valence-electron chi connectivity index (χ1n) is 5.62. The Labute approximate surface area is 99.6 Å². The summed E-state index contributed by atoms with van der Waals surface area (Å²) >= 11 is 1.58. The van der Waals surface area contributed by atoms with E-state index in [0.717, 1.165) is 5.13 Å². The Morgan fingerprint density at radius 3 is 2.75 bits per heavy atom. The molecule has 2 heterocycles. The van der Waals surface area contributed by atoms with Crippen molar-refractivity contribution in [3.8, 4) is 0 Å². The van der Waals surface area contributed by atoms with Crippen molar-refractivity contribution >= 4 is 16.5 Å². The van der Waals surface area contributed by atoms with Crippen LogP contribution < -0.4 is 4.90 Å². The summed E-state index contributed by atoms with van der Waals surface area (Å²) in [6.07, 6.45) is 1.11. The van der Waals surface area contributed by atoms with E-state index in [4.69, 9.17) is 0 Å². The van der Waals surface area contributed by atoms with Crippen molar-refractivity contribution in [3.63, 3.8) is 0 Å². The lowest BCUT2D eigenvalue weighted by Gasteiger charge is -2.42. The molecule has 0 aliphatic carbocycles. The van der Waals surface area contributed by atoms with Crippen LogP contribution in [0.4, 0.5) is 5.13 Å². The molecule has 3 unspecified atom stereocenters. The topological polar surface area (TPSA) is 56.6 Å². The minimum absolute atomic E-state index is 0.254. The molecule has 1 aliphatic heterocycles. The van der Waals surface area contributed by atoms with Crippen molar-refractivity contribution in [1.29, 1.82) is 0 Å². The Morgan fingerprint density at radius 1 is 1.44 bits per heavy atom. The zero-order valence-corrected chi connectivity index (χ0v) is 10.4. The number of nitrogens with zero attached hydrogens (tertiary/aromatic N) is 2. The molecule has 0 amide bonds. The molecule has 0 aromatic carbocycles. The predicted octanol–water partition coefficient (Wildman–Crippen LogP) is 1.10. The van der Waals surface area contributed by atoms with Crippen LogP contribution in [0.1, 0.15) is 20.3 Å². The standard InChI is InChI=1S/C11H18N2O2S/c1-7(2)8-5-9(14)10(15)6-13(8)11-12-3-4-16-11/h3-4,7-10,14-15H,5-6H2,1-2H3. The third kappa shape index (κ3) is 2.21. The van der Waals surface area contributed by atoms with Gasteiger partial charge in [-0.05, 0) is 12.3 Å². The molecule has 4 nitrogen and oxygen atoms in total. The van der Waals surface area contributed by atoms with E-state index in [-0.39, 0.29) is 6.04 Å². The number of rotatable bonds is 2. The van der Waals surface area contributed by atoms with Crippen molar-refractivity contribution in [2.75, 3.05) is 11.4 Å². The highest BCUT2D eigenvalue weighted by Gasteiger charge is 2.36. The molecule has 5 heteroatoms. The number of hydrogen-bond acceptors (Lipinski definition) is 5. The number of aromatic nitrogens is 1. The van der Waals surface area contributed by atoms with Gasteiger partial charge in [0.2, 0.25) is 0 Å². The Balaban J connectivity index is 2.20. The van der Waals surface area contributed by atoms with Crippen molar-refractivity contribution in [3.05, 3.63) is 11.6 Å². The van der Waals surface area contributed by atoms with Gasteiger partial charge < -0.3 is 15.1 Å². The normalized spacial score (nSPS) is 31.1. The lowest BCUT2D eigenvalue weighted by Crippen LogP contribution is -2.54. The number of anilines is 1. The van der Waals surface area contributed by atoms with Crippen LogP contribution in [-0.4, -0.2) is 40.0 Å². The predicted molar refractivity (Wildman–Crippen MR) is 64.7 cm³/mol. The third-order valence-corrected chi connectivity index (χ3v) is 3.95. The van der Waals surface area contributed by atoms with E-state index >= 15 is 0 Å². The van der Waals surface area contributed by atoms with Crippen LogP contribution in [0.5, 0.6) is 0 Å². The summed E-state index contributed by atoms with van der Waals surface area (Å²) in [6, 6.07) is 0.254. The first kappa shape index (κ1) is 11.8. The number of hydrogen-bond donors (Lipinski definition) is 2. The first-order valence-corrected chi connectivity index (χ1v) is 6.50.